The first-order chi connectivity index (χ1) is 15.8. The van der Waals surface area contributed by atoms with E-state index in [9.17, 15) is 35.6 Å². The predicted octanol–water partition coefficient (Wildman–Crippen LogP) is 3.44. The number of halogens is 4. The van der Waals surface area contributed by atoms with Gasteiger partial charge in [0.15, 0.2) is 9.84 Å². The molecule has 0 aliphatic heterocycles. The molecule has 2 aromatic carbocycles. The quantitative estimate of drug-likeness (QED) is 0.527. The molecule has 12 heteroatoms. The Labute approximate surface area is 191 Å². The molecule has 0 spiro atoms. The Balaban J connectivity index is 2.23. The minimum atomic E-state index is -4.96. The number of pyridine rings is 1. The van der Waals surface area contributed by atoms with Crippen LogP contribution in [0.3, 0.4) is 0 Å². The lowest BCUT2D eigenvalue weighted by Crippen LogP contribution is -2.39. The second kappa shape index (κ2) is 9.21. The highest BCUT2D eigenvalue weighted by Gasteiger charge is 2.34. The zero-order valence-electron chi connectivity index (χ0n) is 17.5. The molecule has 0 unspecified atom stereocenters. The maximum Gasteiger partial charge on any atom is 0.416 e. The van der Waals surface area contributed by atoms with Gasteiger partial charge in [0.1, 0.15) is 12.4 Å². The lowest BCUT2D eigenvalue weighted by atomic mass is 10.0. The molecule has 0 atom stereocenters. The number of carbonyl (C=O) groups is 2. The van der Waals surface area contributed by atoms with E-state index in [2.05, 4.69) is 4.98 Å². The molecule has 0 saturated carbocycles. The van der Waals surface area contributed by atoms with Crippen LogP contribution in [0.25, 0.3) is 11.1 Å². The van der Waals surface area contributed by atoms with Crippen LogP contribution in [0, 0.1) is 5.82 Å². The van der Waals surface area contributed by atoms with Crippen molar-refractivity contribution >= 4 is 27.3 Å². The Morgan fingerprint density at radius 3 is 2.32 bits per heavy atom. The summed E-state index contributed by atoms with van der Waals surface area (Å²) in [7, 11) is -4.14. The molecule has 0 radical (unpaired) electrons. The number of amides is 2. The molecular formula is C22H17F4N3O4S. The van der Waals surface area contributed by atoms with E-state index >= 15 is 0 Å². The second-order valence-electron chi connectivity index (χ2n) is 7.25. The number of carbonyl (C=O) groups excluding carboxylic acids is 2. The van der Waals surface area contributed by atoms with Gasteiger partial charge < -0.3 is 5.73 Å². The van der Waals surface area contributed by atoms with Crippen molar-refractivity contribution in [1.29, 1.82) is 0 Å². The van der Waals surface area contributed by atoms with Gasteiger partial charge in [0, 0.05) is 29.1 Å². The summed E-state index contributed by atoms with van der Waals surface area (Å²) in [5.41, 5.74) is 3.24. The Bertz CT molecular complexity index is 1370. The Morgan fingerprint density at radius 1 is 1.06 bits per heavy atom. The molecule has 2 N–H and O–H groups in total. The molecule has 1 aromatic heterocycles. The number of rotatable bonds is 6. The summed E-state index contributed by atoms with van der Waals surface area (Å²) in [6, 6.07) is 8.49. The van der Waals surface area contributed by atoms with Gasteiger partial charge >= 0.3 is 6.18 Å². The third-order valence-electron chi connectivity index (χ3n) is 4.72. The van der Waals surface area contributed by atoms with E-state index in [1.807, 2.05) is 0 Å². The number of hydrogen-bond donors (Lipinski definition) is 1. The van der Waals surface area contributed by atoms with Gasteiger partial charge in [-0.05, 0) is 30.3 Å². The van der Waals surface area contributed by atoms with E-state index in [-0.39, 0.29) is 16.8 Å². The largest absolute Gasteiger partial charge is 0.416 e. The zero-order chi connectivity index (χ0) is 25.3. The van der Waals surface area contributed by atoms with Gasteiger partial charge in [0.05, 0.1) is 22.3 Å². The first kappa shape index (κ1) is 24.8. The highest BCUT2D eigenvalue weighted by atomic mass is 32.2. The van der Waals surface area contributed by atoms with Gasteiger partial charge in [-0.15, -0.1) is 0 Å². The summed E-state index contributed by atoms with van der Waals surface area (Å²) in [6.07, 6.45) is -1.86. The van der Waals surface area contributed by atoms with Crippen molar-refractivity contribution in [2.45, 2.75) is 11.1 Å². The summed E-state index contributed by atoms with van der Waals surface area (Å²) < 4.78 is 78.6. The number of aromatic nitrogens is 1. The van der Waals surface area contributed by atoms with Crippen molar-refractivity contribution in [3.05, 3.63) is 77.9 Å². The molecule has 7 nitrogen and oxygen atoms in total. The van der Waals surface area contributed by atoms with E-state index in [4.69, 9.17) is 5.73 Å². The van der Waals surface area contributed by atoms with Crippen LogP contribution >= 0.6 is 0 Å². The van der Waals surface area contributed by atoms with Crippen LogP contribution in [0.1, 0.15) is 15.9 Å². The fourth-order valence-electron chi connectivity index (χ4n) is 3.19. The number of sulfone groups is 1. The second-order valence-corrected chi connectivity index (χ2v) is 9.26. The van der Waals surface area contributed by atoms with Crippen molar-refractivity contribution in [3.63, 3.8) is 0 Å². The van der Waals surface area contributed by atoms with E-state index in [0.29, 0.717) is 18.4 Å². The van der Waals surface area contributed by atoms with Crippen LogP contribution in [0.5, 0.6) is 0 Å². The summed E-state index contributed by atoms with van der Waals surface area (Å²) in [5.74, 6) is -2.85. The Hall–Kier alpha value is -3.80. The molecule has 3 aromatic rings. The standard InChI is InChI=1S/C22H17F4N3O4S/c1-34(32,33)15-9-13(8-14(10-15)22(24,25)26)21(31)29(12-20(27)30)19-11-28-7-6-17(19)16-4-2-3-5-18(16)23/h2-11H,12H2,1H3,(H2,27,30). The maximum atomic E-state index is 14.5. The van der Waals surface area contributed by atoms with Crippen molar-refractivity contribution in [2.75, 3.05) is 17.7 Å². The average molecular weight is 495 g/mol. The highest BCUT2D eigenvalue weighted by molar-refractivity contribution is 7.90. The van der Waals surface area contributed by atoms with E-state index < -0.39 is 56.2 Å². The van der Waals surface area contributed by atoms with Crippen molar-refractivity contribution in [3.8, 4) is 11.1 Å². The maximum absolute atomic E-state index is 14.5. The number of anilines is 1. The zero-order valence-corrected chi connectivity index (χ0v) is 18.3. The molecule has 0 fully saturated rings. The molecule has 0 aliphatic rings. The van der Waals surface area contributed by atoms with Crippen LogP contribution < -0.4 is 10.6 Å². The summed E-state index contributed by atoms with van der Waals surface area (Å²) in [5, 5.41) is 0. The van der Waals surface area contributed by atoms with Crippen LogP contribution in [-0.2, 0) is 20.8 Å². The SMILES string of the molecule is CS(=O)(=O)c1cc(C(=O)N(CC(N)=O)c2cnccc2-c2ccccc2F)cc(C(F)(F)F)c1. The molecular weight excluding hydrogens is 478 g/mol. The molecule has 178 valence electrons. The summed E-state index contributed by atoms with van der Waals surface area (Å²) in [4.78, 5) is 28.9. The fourth-order valence-corrected chi connectivity index (χ4v) is 3.87. The topological polar surface area (TPSA) is 110 Å². The van der Waals surface area contributed by atoms with Gasteiger partial charge in [-0.1, -0.05) is 18.2 Å². The molecule has 0 saturated heterocycles. The number of benzene rings is 2. The molecule has 3 rings (SSSR count). The van der Waals surface area contributed by atoms with Crippen molar-refractivity contribution in [1.82, 2.24) is 4.98 Å². The van der Waals surface area contributed by atoms with Crippen LogP contribution in [0.2, 0.25) is 0 Å². The van der Waals surface area contributed by atoms with Gasteiger partial charge in [0.25, 0.3) is 5.91 Å². The van der Waals surface area contributed by atoms with Gasteiger partial charge in [-0.3, -0.25) is 19.5 Å². The molecule has 1 heterocycles. The third kappa shape index (κ3) is 5.39. The molecule has 0 bridgehead atoms. The predicted molar refractivity (Wildman–Crippen MR) is 115 cm³/mol. The highest BCUT2D eigenvalue weighted by Crippen LogP contribution is 2.35. The van der Waals surface area contributed by atoms with E-state index in [1.165, 1.54) is 30.5 Å². The number of hydrogen-bond acceptors (Lipinski definition) is 5. The minimum Gasteiger partial charge on any atom is -0.368 e. The number of primary amides is 1. The van der Waals surface area contributed by atoms with Gasteiger partial charge in [-0.2, -0.15) is 13.2 Å². The summed E-state index contributed by atoms with van der Waals surface area (Å²) >= 11 is 0. The molecule has 34 heavy (non-hydrogen) atoms. The first-order valence-corrected chi connectivity index (χ1v) is 11.4. The summed E-state index contributed by atoms with van der Waals surface area (Å²) in [6.45, 7) is -0.795. The van der Waals surface area contributed by atoms with Crippen molar-refractivity contribution in [2.24, 2.45) is 5.73 Å². The van der Waals surface area contributed by atoms with Gasteiger partial charge in [-0.25, -0.2) is 12.8 Å². The fraction of sp³-hybridized carbons (Fsp3) is 0.136. The average Bonchev–Trinajstić information content (AvgIpc) is 2.76. The smallest absolute Gasteiger partial charge is 0.368 e. The Morgan fingerprint density at radius 2 is 1.74 bits per heavy atom. The van der Waals surface area contributed by atoms with E-state index in [1.54, 1.807) is 0 Å². The third-order valence-corrected chi connectivity index (χ3v) is 5.81. The number of alkyl halides is 3. The lowest BCUT2D eigenvalue weighted by molar-refractivity contribution is -0.137. The molecule has 0 aliphatic carbocycles. The van der Waals surface area contributed by atoms with Crippen molar-refractivity contribution < 1.29 is 35.6 Å². The van der Waals surface area contributed by atoms with Crippen LogP contribution in [0.15, 0.2) is 65.8 Å². The van der Waals surface area contributed by atoms with Crippen LogP contribution in [0.4, 0.5) is 23.2 Å². The minimum absolute atomic E-state index is 0.0306. The Kier molecular flexibility index (Phi) is 6.73. The lowest BCUT2D eigenvalue weighted by Gasteiger charge is -2.24. The molecule has 2 amide bonds. The first-order valence-electron chi connectivity index (χ1n) is 9.50. The monoisotopic (exact) mass is 495 g/mol. The number of nitrogens with two attached hydrogens (primary N) is 1. The van der Waals surface area contributed by atoms with Gasteiger partial charge in [0.2, 0.25) is 5.91 Å². The van der Waals surface area contributed by atoms with Crippen LogP contribution in [-0.4, -0.2) is 38.0 Å². The normalized spacial score (nSPS) is 11.8. The number of nitrogens with zero attached hydrogens (tertiary/aromatic N) is 2. The van der Waals surface area contributed by atoms with E-state index in [0.717, 1.165) is 23.2 Å².